The lowest BCUT2D eigenvalue weighted by molar-refractivity contribution is -0.116. The van der Waals surface area contributed by atoms with E-state index < -0.39 is 0 Å². The van der Waals surface area contributed by atoms with Crippen molar-refractivity contribution >= 4 is 39.9 Å². The first kappa shape index (κ1) is 20.3. The minimum Gasteiger partial charge on any atom is -0.383 e. The van der Waals surface area contributed by atoms with E-state index in [0.29, 0.717) is 41.7 Å². The van der Waals surface area contributed by atoms with Crippen LogP contribution in [0.4, 0.5) is 11.4 Å². The second-order valence-corrected chi connectivity index (χ2v) is 7.24. The minimum absolute atomic E-state index is 0.231. The molecule has 1 heterocycles. The fourth-order valence-electron chi connectivity index (χ4n) is 3.97. The van der Waals surface area contributed by atoms with Crippen LogP contribution in [0, 0.1) is 0 Å². The Morgan fingerprint density at radius 1 is 1.03 bits per heavy atom. The van der Waals surface area contributed by atoms with E-state index in [4.69, 9.17) is 0 Å². The van der Waals surface area contributed by atoms with Crippen molar-refractivity contribution in [1.29, 1.82) is 0 Å². The maximum Gasteiger partial charge on any atom is 0.266 e. The van der Waals surface area contributed by atoms with Crippen LogP contribution in [0.15, 0.2) is 67.3 Å². The monoisotopic (exact) mass is 413 g/mol. The predicted molar refractivity (Wildman–Crippen MR) is 123 cm³/mol. The SMILES string of the molecule is C=CC(=O)NCCNc1cc(CC)c2c3c(cccc13)C(=O)N(c1ccccc1)C2=O. The summed E-state index contributed by atoms with van der Waals surface area (Å²) in [5.74, 6) is -0.863. The maximum atomic E-state index is 13.5. The lowest BCUT2D eigenvalue weighted by atomic mass is 9.88. The normalized spacial score (nSPS) is 12.7. The van der Waals surface area contributed by atoms with Gasteiger partial charge in [-0.15, -0.1) is 0 Å². The van der Waals surface area contributed by atoms with Gasteiger partial charge in [-0.3, -0.25) is 14.4 Å². The van der Waals surface area contributed by atoms with Gasteiger partial charge in [-0.25, -0.2) is 4.90 Å². The van der Waals surface area contributed by atoms with Crippen molar-refractivity contribution in [3.63, 3.8) is 0 Å². The Morgan fingerprint density at radius 3 is 2.52 bits per heavy atom. The Balaban J connectivity index is 1.79. The Kier molecular flexibility index (Phi) is 5.54. The number of rotatable bonds is 7. The molecule has 3 aromatic rings. The molecule has 0 aromatic heterocycles. The molecule has 0 fully saturated rings. The average Bonchev–Trinajstić information content (AvgIpc) is 2.80. The Bertz CT molecular complexity index is 1200. The lowest BCUT2D eigenvalue weighted by Crippen LogP contribution is -2.41. The number of carbonyl (C=O) groups excluding carboxylic acids is 3. The number of para-hydroxylation sites is 1. The summed E-state index contributed by atoms with van der Waals surface area (Å²) in [5.41, 5.74) is 3.34. The molecule has 6 heteroatoms. The third-order valence-electron chi connectivity index (χ3n) is 5.42. The number of benzene rings is 3. The first-order valence-electron chi connectivity index (χ1n) is 10.2. The van der Waals surface area contributed by atoms with Gasteiger partial charge in [-0.1, -0.05) is 43.8 Å². The molecule has 2 N–H and O–H groups in total. The Morgan fingerprint density at radius 2 is 1.81 bits per heavy atom. The molecular weight excluding hydrogens is 390 g/mol. The van der Waals surface area contributed by atoms with E-state index in [9.17, 15) is 14.4 Å². The van der Waals surface area contributed by atoms with Crippen LogP contribution in [0.2, 0.25) is 0 Å². The fourth-order valence-corrected chi connectivity index (χ4v) is 3.97. The molecule has 31 heavy (non-hydrogen) atoms. The third-order valence-corrected chi connectivity index (χ3v) is 5.42. The second-order valence-electron chi connectivity index (χ2n) is 7.24. The van der Waals surface area contributed by atoms with Crippen LogP contribution in [-0.4, -0.2) is 30.8 Å². The van der Waals surface area contributed by atoms with Gasteiger partial charge in [0.25, 0.3) is 11.8 Å². The van der Waals surface area contributed by atoms with Crippen molar-refractivity contribution in [3.05, 3.63) is 83.9 Å². The summed E-state index contributed by atoms with van der Waals surface area (Å²) in [6, 6.07) is 16.5. The lowest BCUT2D eigenvalue weighted by Gasteiger charge is -2.29. The fraction of sp³-hybridized carbons (Fsp3) is 0.160. The van der Waals surface area contributed by atoms with Crippen LogP contribution in [0.25, 0.3) is 10.8 Å². The number of hydrogen-bond donors (Lipinski definition) is 2. The van der Waals surface area contributed by atoms with Crippen molar-refractivity contribution in [3.8, 4) is 0 Å². The molecule has 3 amide bonds. The van der Waals surface area contributed by atoms with Crippen molar-refractivity contribution in [2.75, 3.05) is 23.3 Å². The minimum atomic E-state index is -0.327. The molecule has 1 aliphatic rings. The van der Waals surface area contributed by atoms with Crippen LogP contribution >= 0.6 is 0 Å². The quantitative estimate of drug-likeness (QED) is 0.350. The van der Waals surface area contributed by atoms with Crippen molar-refractivity contribution < 1.29 is 14.4 Å². The zero-order valence-corrected chi connectivity index (χ0v) is 17.3. The maximum absolute atomic E-state index is 13.5. The summed E-state index contributed by atoms with van der Waals surface area (Å²) in [4.78, 5) is 39.4. The molecule has 3 aromatic carbocycles. The number of carbonyl (C=O) groups is 3. The van der Waals surface area contributed by atoms with E-state index in [1.807, 2.05) is 43.3 Å². The molecule has 0 saturated carbocycles. The molecule has 0 saturated heterocycles. The van der Waals surface area contributed by atoms with Gasteiger partial charge >= 0.3 is 0 Å². The topological polar surface area (TPSA) is 78.5 Å². The number of imide groups is 1. The van der Waals surface area contributed by atoms with Crippen molar-refractivity contribution in [2.45, 2.75) is 13.3 Å². The number of hydrogen-bond acceptors (Lipinski definition) is 4. The zero-order valence-electron chi connectivity index (χ0n) is 17.3. The average molecular weight is 413 g/mol. The molecule has 0 bridgehead atoms. The summed E-state index contributed by atoms with van der Waals surface area (Å²) >= 11 is 0. The standard InChI is InChI=1S/C25H23N3O3/c1-3-16-15-20(26-13-14-27-21(29)4-2)18-11-8-12-19-23(18)22(16)25(31)28(24(19)30)17-9-6-5-7-10-17/h4-12,15,26H,2-3,13-14H2,1H3,(H,27,29). The number of aryl methyl sites for hydroxylation is 1. The van der Waals surface area contributed by atoms with Gasteiger partial charge in [0.1, 0.15) is 0 Å². The van der Waals surface area contributed by atoms with E-state index in [2.05, 4.69) is 17.2 Å². The van der Waals surface area contributed by atoms with Gasteiger partial charge in [0.05, 0.1) is 11.3 Å². The highest BCUT2D eigenvalue weighted by Gasteiger charge is 2.35. The number of anilines is 2. The molecule has 0 atom stereocenters. The highest BCUT2D eigenvalue weighted by Crippen LogP contribution is 2.38. The highest BCUT2D eigenvalue weighted by molar-refractivity contribution is 6.37. The summed E-state index contributed by atoms with van der Waals surface area (Å²) in [6.45, 7) is 6.35. The van der Waals surface area contributed by atoms with Crippen LogP contribution < -0.4 is 15.5 Å². The van der Waals surface area contributed by atoms with Gasteiger partial charge in [-0.05, 0) is 42.3 Å². The van der Waals surface area contributed by atoms with Crippen LogP contribution in [0.3, 0.4) is 0 Å². The molecule has 4 rings (SSSR count). The van der Waals surface area contributed by atoms with Crippen LogP contribution in [-0.2, 0) is 11.2 Å². The molecule has 0 unspecified atom stereocenters. The molecule has 6 nitrogen and oxygen atoms in total. The number of amides is 3. The summed E-state index contributed by atoms with van der Waals surface area (Å²) in [6.07, 6.45) is 1.87. The Labute approximate surface area is 180 Å². The van der Waals surface area contributed by atoms with E-state index in [0.717, 1.165) is 16.6 Å². The highest BCUT2D eigenvalue weighted by atomic mass is 16.2. The van der Waals surface area contributed by atoms with E-state index in [1.54, 1.807) is 18.2 Å². The summed E-state index contributed by atoms with van der Waals surface area (Å²) in [5, 5.41) is 7.56. The second kappa shape index (κ2) is 8.44. The van der Waals surface area contributed by atoms with Crippen molar-refractivity contribution in [2.24, 2.45) is 0 Å². The molecule has 1 aliphatic heterocycles. The van der Waals surface area contributed by atoms with E-state index in [1.165, 1.54) is 11.0 Å². The van der Waals surface area contributed by atoms with E-state index in [-0.39, 0.29) is 17.7 Å². The van der Waals surface area contributed by atoms with Crippen LogP contribution in [0.5, 0.6) is 0 Å². The largest absolute Gasteiger partial charge is 0.383 e. The molecule has 156 valence electrons. The summed E-state index contributed by atoms with van der Waals surface area (Å²) < 4.78 is 0. The van der Waals surface area contributed by atoms with E-state index >= 15 is 0 Å². The van der Waals surface area contributed by atoms with Crippen molar-refractivity contribution in [1.82, 2.24) is 5.32 Å². The smallest absolute Gasteiger partial charge is 0.266 e. The van der Waals surface area contributed by atoms with Crippen LogP contribution in [0.1, 0.15) is 33.2 Å². The number of nitrogens with zero attached hydrogens (tertiary/aromatic N) is 1. The van der Waals surface area contributed by atoms with Gasteiger partial charge in [-0.2, -0.15) is 0 Å². The van der Waals surface area contributed by atoms with Gasteiger partial charge in [0.2, 0.25) is 5.91 Å². The Hall–Kier alpha value is -3.93. The summed E-state index contributed by atoms with van der Waals surface area (Å²) in [7, 11) is 0. The molecule has 0 aliphatic carbocycles. The van der Waals surface area contributed by atoms with Gasteiger partial charge < -0.3 is 10.6 Å². The first-order chi connectivity index (χ1) is 15.1. The molecular formula is C25H23N3O3. The predicted octanol–water partition coefficient (Wildman–Crippen LogP) is 3.92. The van der Waals surface area contributed by atoms with Gasteiger partial charge in [0.15, 0.2) is 0 Å². The molecule has 0 radical (unpaired) electrons. The zero-order chi connectivity index (χ0) is 22.0. The van der Waals surface area contributed by atoms with Gasteiger partial charge in [0, 0.05) is 35.1 Å². The number of nitrogens with one attached hydrogen (secondary N) is 2. The first-order valence-corrected chi connectivity index (χ1v) is 10.2. The molecule has 0 spiro atoms. The third kappa shape index (κ3) is 3.57.